The predicted molar refractivity (Wildman–Crippen MR) is 117 cm³/mol. The first-order chi connectivity index (χ1) is 14.9. The Morgan fingerprint density at radius 2 is 1.91 bits per heavy atom. The molecule has 0 aliphatic heterocycles. The van der Waals surface area contributed by atoms with Gasteiger partial charge in [0.1, 0.15) is 18.1 Å². The molecule has 8 nitrogen and oxygen atoms in total. The highest BCUT2D eigenvalue weighted by Crippen LogP contribution is 2.25. The largest absolute Gasteiger partial charge is 0.481 e. The number of aromatic nitrogens is 2. The van der Waals surface area contributed by atoms with Crippen LogP contribution in [0.1, 0.15) is 57.9 Å². The molecule has 0 saturated heterocycles. The van der Waals surface area contributed by atoms with Gasteiger partial charge in [-0.05, 0) is 37.3 Å². The van der Waals surface area contributed by atoms with Gasteiger partial charge < -0.3 is 20.3 Å². The van der Waals surface area contributed by atoms with Gasteiger partial charge in [-0.3, -0.25) is 9.59 Å². The molecule has 0 radical (unpaired) electrons. The number of hydrogen-bond donors (Lipinski definition) is 3. The van der Waals surface area contributed by atoms with Crippen molar-refractivity contribution in [2.45, 2.75) is 59.1 Å². The van der Waals surface area contributed by atoms with Gasteiger partial charge in [0, 0.05) is 12.1 Å². The number of benzene rings is 1. The van der Waals surface area contributed by atoms with Crippen LogP contribution in [-0.2, 0) is 4.79 Å². The number of nitrogens with zero attached hydrogens (tertiary/aromatic N) is 2. The summed E-state index contributed by atoms with van der Waals surface area (Å²) >= 11 is 0. The Morgan fingerprint density at radius 3 is 2.47 bits per heavy atom. The number of hydrogen-bond acceptors (Lipinski definition) is 5. The molecule has 32 heavy (non-hydrogen) atoms. The van der Waals surface area contributed by atoms with E-state index in [2.05, 4.69) is 10.4 Å². The fourth-order valence-corrected chi connectivity index (χ4v) is 2.99. The number of carboxylic acids is 1. The van der Waals surface area contributed by atoms with Crippen LogP contribution in [0.3, 0.4) is 0 Å². The number of rotatable bonds is 11. The van der Waals surface area contributed by atoms with Gasteiger partial charge in [-0.2, -0.15) is 9.78 Å². The molecule has 9 heteroatoms. The van der Waals surface area contributed by atoms with Crippen LogP contribution in [0.15, 0.2) is 30.3 Å². The van der Waals surface area contributed by atoms with E-state index in [-0.39, 0.29) is 42.1 Å². The Balaban J connectivity index is 2.36. The summed E-state index contributed by atoms with van der Waals surface area (Å²) in [5.41, 5.74) is -1.13. The summed E-state index contributed by atoms with van der Waals surface area (Å²) in [5, 5.41) is 26.6. The first-order valence-corrected chi connectivity index (χ1v) is 10.6. The van der Waals surface area contributed by atoms with Gasteiger partial charge in [0.05, 0.1) is 12.0 Å². The van der Waals surface area contributed by atoms with E-state index in [0.717, 1.165) is 4.68 Å². The SMILES string of the molecule is CC(C)C[C@@H](CC(=O)O)NC(=O)c1cc(OC[C@](C)(O)C(C)C)n(-c2ccccc2F)n1. The van der Waals surface area contributed by atoms with Crippen molar-refractivity contribution in [1.29, 1.82) is 0 Å². The molecular formula is C23H32FN3O5. The maximum absolute atomic E-state index is 14.4. The third-order valence-corrected chi connectivity index (χ3v) is 5.26. The van der Waals surface area contributed by atoms with Crippen LogP contribution in [0.4, 0.5) is 4.39 Å². The summed E-state index contributed by atoms with van der Waals surface area (Å²) in [5.74, 6) is -2.03. The lowest BCUT2D eigenvalue weighted by atomic mass is 9.94. The average molecular weight is 450 g/mol. The lowest BCUT2D eigenvalue weighted by Crippen LogP contribution is -2.38. The molecule has 3 N–H and O–H groups in total. The second-order valence-electron chi connectivity index (χ2n) is 8.93. The van der Waals surface area contributed by atoms with Crippen LogP contribution in [0.2, 0.25) is 0 Å². The number of aliphatic hydroxyl groups is 1. The monoisotopic (exact) mass is 449 g/mol. The first-order valence-electron chi connectivity index (χ1n) is 10.6. The Morgan fingerprint density at radius 1 is 1.25 bits per heavy atom. The van der Waals surface area contributed by atoms with Crippen molar-refractivity contribution >= 4 is 11.9 Å². The van der Waals surface area contributed by atoms with Crippen LogP contribution >= 0.6 is 0 Å². The molecule has 1 heterocycles. The Hall–Kier alpha value is -2.94. The van der Waals surface area contributed by atoms with Gasteiger partial charge in [-0.15, -0.1) is 0 Å². The van der Waals surface area contributed by atoms with E-state index in [0.29, 0.717) is 6.42 Å². The van der Waals surface area contributed by atoms with Crippen LogP contribution in [-0.4, -0.2) is 50.1 Å². The normalized spacial score (nSPS) is 14.3. The molecular weight excluding hydrogens is 417 g/mol. The molecule has 2 rings (SSSR count). The molecule has 0 fully saturated rings. The molecule has 1 aromatic carbocycles. The molecule has 0 aliphatic rings. The second-order valence-corrected chi connectivity index (χ2v) is 8.93. The minimum atomic E-state index is -1.16. The third kappa shape index (κ3) is 6.78. The van der Waals surface area contributed by atoms with Gasteiger partial charge in [0.25, 0.3) is 5.91 Å². The highest BCUT2D eigenvalue weighted by molar-refractivity contribution is 5.93. The topological polar surface area (TPSA) is 114 Å². The molecule has 2 atom stereocenters. The zero-order valence-electron chi connectivity index (χ0n) is 19.1. The number of carbonyl (C=O) groups is 2. The summed E-state index contributed by atoms with van der Waals surface area (Å²) in [7, 11) is 0. The third-order valence-electron chi connectivity index (χ3n) is 5.26. The molecule has 0 aliphatic carbocycles. The van der Waals surface area contributed by atoms with Crippen LogP contribution in [0.5, 0.6) is 5.88 Å². The van der Waals surface area contributed by atoms with E-state index < -0.39 is 29.3 Å². The van der Waals surface area contributed by atoms with Crippen molar-refractivity contribution in [2.75, 3.05) is 6.61 Å². The average Bonchev–Trinajstić information content (AvgIpc) is 3.10. The van der Waals surface area contributed by atoms with Crippen molar-refractivity contribution in [2.24, 2.45) is 11.8 Å². The highest BCUT2D eigenvalue weighted by Gasteiger charge is 2.28. The summed E-state index contributed by atoms with van der Waals surface area (Å²) in [4.78, 5) is 24.0. The number of ether oxygens (including phenoxy) is 1. The number of carbonyl (C=O) groups excluding carboxylic acids is 1. The van der Waals surface area contributed by atoms with E-state index in [4.69, 9.17) is 9.84 Å². The van der Waals surface area contributed by atoms with E-state index >= 15 is 0 Å². The Bertz CT molecular complexity index is 939. The quantitative estimate of drug-likeness (QED) is 0.484. The molecule has 1 aromatic heterocycles. The minimum Gasteiger partial charge on any atom is -0.481 e. The van der Waals surface area contributed by atoms with Crippen LogP contribution in [0.25, 0.3) is 5.69 Å². The molecule has 0 saturated carbocycles. The van der Waals surface area contributed by atoms with Crippen molar-refractivity contribution in [3.05, 3.63) is 41.8 Å². The summed E-state index contributed by atoms with van der Waals surface area (Å²) in [6.45, 7) is 9.07. The molecule has 2 aromatic rings. The smallest absolute Gasteiger partial charge is 0.305 e. The van der Waals surface area contributed by atoms with E-state index in [1.807, 2.05) is 27.7 Å². The van der Waals surface area contributed by atoms with Crippen molar-refractivity contribution < 1.29 is 28.9 Å². The van der Waals surface area contributed by atoms with Gasteiger partial charge >= 0.3 is 5.97 Å². The molecule has 1 amide bonds. The summed E-state index contributed by atoms with van der Waals surface area (Å²) < 4.78 is 21.3. The highest BCUT2D eigenvalue weighted by atomic mass is 19.1. The molecule has 0 unspecified atom stereocenters. The lowest BCUT2D eigenvalue weighted by molar-refractivity contribution is -0.137. The lowest BCUT2D eigenvalue weighted by Gasteiger charge is -2.27. The number of halogens is 1. The number of para-hydroxylation sites is 1. The van der Waals surface area contributed by atoms with Crippen molar-refractivity contribution in [3.63, 3.8) is 0 Å². The molecule has 176 valence electrons. The fraction of sp³-hybridized carbons (Fsp3) is 0.522. The maximum atomic E-state index is 14.4. The van der Waals surface area contributed by atoms with E-state index in [1.165, 1.54) is 24.3 Å². The standard InChI is InChI=1S/C23H32FN3O5/c1-14(2)10-16(11-21(28)29)25-22(30)18-12-20(32-13-23(5,31)15(3)4)27(26-18)19-9-7-6-8-17(19)24/h6-9,12,14-16,31H,10-11,13H2,1-5H3,(H,25,30)(H,28,29)/t16-,23-/m0/s1. The van der Waals surface area contributed by atoms with Crippen molar-refractivity contribution in [3.8, 4) is 11.6 Å². The van der Waals surface area contributed by atoms with Gasteiger partial charge in [0.15, 0.2) is 5.69 Å². The maximum Gasteiger partial charge on any atom is 0.305 e. The van der Waals surface area contributed by atoms with Gasteiger partial charge in [0.2, 0.25) is 5.88 Å². The predicted octanol–water partition coefficient (Wildman–Crippen LogP) is 3.42. The summed E-state index contributed by atoms with van der Waals surface area (Å²) in [6.07, 6.45) is 0.255. The van der Waals surface area contributed by atoms with Crippen molar-refractivity contribution in [1.82, 2.24) is 15.1 Å². The van der Waals surface area contributed by atoms with Gasteiger partial charge in [-0.25, -0.2) is 4.39 Å². The number of nitrogens with one attached hydrogen (secondary N) is 1. The Labute approximate surface area is 187 Å². The second kappa shape index (κ2) is 10.6. The van der Waals surface area contributed by atoms with Crippen LogP contribution < -0.4 is 10.1 Å². The first kappa shape index (κ1) is 25.3. The van der Waals surface area contributed by atoms with E-state index in [9.17, 15) is 19.1 Å². The summed E-state index contributed by atoms with van der Waals surface area (Å²) in [6, 6.07) is 6.68. The molecule has 0 spiro atoms. The van der Waals surface area contributed by atoms with E-state index in [1.54, 1.807) is 13.0 Å². The van der Waals surface area contributed by atoms with Gasteiger partial charge in [-0.1, -0.05) is 39.8 Å². The number of amides is 1. The van der Waals surface area contributed by atoms with Crippen LogP contribution in [0, 0.1) is 17.7 Å². The number of carboxylic acid groups (broad SMARTS) is 1. The number of aliphatic carboxylic acids is 1. The Kier molecular flexibility index (Phi) is 8.38. The fourth-order valence-electron chi connectivity index (χ4n) is 2.99. The zero-order chi connectivity index (χ0) is 24.1. The minimum absolute atomic E-state index is 0.0495. The molecule has 0 bridgehead atoms. The zero-order valence-corrected chi connectivity index (χ0v) is 19.1.